The van der Waals surface area contributed by atoms with Crippen LogP contribution in [-0.2, 0) is 12.7 Å². The lowest BCUT2D eigenvalue weighted by atomic mass is 10.1. The summed E-state index contributed by atoms with van der Waals surface area (Å²) in [5.41, 5.74) is 0.185. The fraction of sp³-hybridized carbons (Fsp3) is 0.286. The van der Waals surface area contributed by atoms with Gasteiger partial charge >= 0.3 is 6.18 Å². The molecule has 3 rings (SSSR count). The Morgan fingerprint density at radius 3 is 2.52 bits per heavy atom. The van der Waals surface area contributed by atoms with E-state index in [9.17, 15) is 28.1 Å². The highest BCUT2D eigenvalue weighted by atomic mass is 19.4. The summed E-state index contributed by atoms with van der Waals surface area (Å²) >= 11 is 0. The van der Waals surface area contributed by atoms with Gasteiger partial charge in [-0.25, -0.2) is 0 Å². The van der Waals surface area contributed by atoms with E-state index in [1.165, 1.54) is 41.4 Å². The highest BCUT2D eigenvalue weighted by Gasteiger charge is 2.30. The molecule has 1 amide bonds. The Balaban J connectivity index is 1.95. The molecule has 2 aromatic carbocycles. The maximum atomic E-state index is 13.3. The summed E-state index contributed by atoms with van der Waals surface area (Å²) in [6.45, 7) is 0.731. The maximum absolute atomic E-state index is 13.3. The lowest BCUT2D eigenvalue weighted by Crippen LogP contribution is -2.36. The van der Waals surface area contributed by atoms with E-state index in [4.69, 9.17) is 0 Å². The van der Waals surface area contributed by atoms with E-state index in [1.807, 2.05) is 19.0 Å². The van der Waals surface area contributed by atoms with E-state index in [2.05, 4.69) is 4.98 Å². The molecule has 0 bridgehead atoms. The van der Waals surface area contributed by atoms with Gasteiger partial charge in [0.05, 0.1) is 16.1 Å². The lowest BCUT2D eigenvalue weighted by Gasteiger charge is -2.25. The predicted octanol–water partition coefficient (Wildman–Crippen LogP) is 4.30. The van der Waals surface area contributed by atoms with E-state index in [-0.39, 0.29) is 24.3 Å². The summed E-state index contributed by atoms with van der Waals surface area (Å²) in [5, 5.41) is 11.5. The van der Waals surface area contributed by atoms with Crippen LogP contribution in [0.5, 0.6) is 0 Å². The van der Waals surface area contributed by atoms with E-state index in [1.54, 1.807) is 0 Å². The minimum absolute atomic E-state index is 0.0296. The minimum Gasteiger partial charge on any atom is -0.360 e. The van der Waals surface area contributed by atoms with Gasteiger partial charge in [-0.1, -0.05) is 12.1 Å². The van der Waals surface area contributed by atoms with Crippen molar-refractivity contribution in [1.82, 2.24) is 14.8 Å². The molecule has 1 N–H and O–H groups in total. The predicted molar refractivity (Wildman–Crippen MR) is 110 cm³/mol. The van der Waals surface area contributed by atoms with Crippen LogP contribution in [0.4, 0.5) is 18.9 Å². The second-order valence-electron chi connectivity index (χ2n) is 7.42. The number of nitrogens with one attached hydrogen (secondary N) is 1. The molecule has 0 saturated carbocycles. The Kier molecular flexibility index (Phi) is 6.30. The molecule has 10 heteroatoms. The van der Waals surface area contributed by atoms with Crippen LogP contribution in [0.15, 0.2) is 48.7 Å². The van der Waals surface area contributed by atoms with Crippen molar-refractivity contribution in [1.29, 1.82) is 0 Å². The maximum Gasteiger partial charge on any atom is 0.416 e. The first-order chi connectivity index (χ1) is 14.6. The smallest absolute Gasteiger partial charge is 0.360 e. The normalized spacial score (nSPS) is 11.8. The fourth-order valence-electron chi connectivity index (χ4n) is 3.21. The topological polar surface area (TPSA) is 82.5 Å². The number of nitro benzene ring substituents is 1. The Labute approximate surface area is 176 Å². The van der Waals surface area contributed by atoms with Crippen LogP contribution < -0.4 is 0 Å². The van der Waals surface area contributed by atoms with Gasteiger partial charge in [0, 0.05) is 48.9 Å². The average molecular weight is 434 g/mol. The summed E-state index contributed by atoms with van der Waals surface area (Å²) in [4.78, 5) is 30.1. The van der Waals surface area contributed by atoms with E-state index >= 15 is 0 Å². The number of halogens is 3. The number of aromatic nitrogens is 1. The van der Waals surface area contributed by atoms with Crippen molar-refractivity contribution in [2.45, 2.75) is 12.7 Å². The second-order valence-corrected chi connectivity index (χ2v) is 7.42. The molecule has 0 unspecified atom stereocenters. The van der Waals surface area contributed by atoms with E-state index in [0.29, 0.717) is 23.0 Å². The summed E-state index contributed by atoms with van der Waals surface area (Å²) in [6, 6.07) is 9.01. The van der Waals surface area contributed by atoms with Crippen LogP contribution in [0.2, 0.25) is 0 Å². The number of nitro groups is 1. The molecular weight excluding hydrogens is 413 g/mol. The highest BCUT2D eigenvalue weighted by Crippen LogP contribution is 2.30. The summed E-state index contributed by atoms with van der Waals surface area (Å²) in [5.74, 6) is -0.425. The van der Waals surface area contributed by atoms with Crippen molar-refractivity contribution in [2.24, 2.45) is 0 Å². The van der Waals surface area contributed by atoms with Gasteiger partial charge in [-0.3, -0.25) is 14.9 Å². The Bertz CT molecular complexity index is 1110. The molecule has 1 aromatic heterocycles. The molecule has 0 saturated heterocycles. The zero-order valence-corrected chi connectivity index (χ0v) is 16.9. The first-order valence-electron chi connectivity index (χ1n) is 9.42. The zero-order valence-electron chi connectivity index (χ0n) is 16.9. The van der Waals surface area contributed by atoms with Crippen LogP contribution in [0.3, 0.4) is 0 Å². The largest absolute Gasteiger partial charge is 0.416 e. The number of fused-ring (bicyclic) bond motifs is 1. The third-order valence-electron chi connectivity index (χ3n) is 4.84. The number of nitrogens with zero attached hydrogens (tertiary/aromatic N) is 3. The molecule has 1 heterocycles. The molecule has 164 valence electrons. The molecule has 0 aliphatic carbocycles. The van der Waals surface area contributed by atoms with Crippen molar-refractivity contribution in [3.63, 3.8) is 0 Å². The van der Waals surface area contributed by atoms with Crippen LogP contribution in [0, 0.1) is 10.1 Å². The van der Waals surface area contributed by atoms with Gasteiger partial charge in [-0.05, 0) is 37.9 Å². The third-order valence-corrected chi connectivity index (χ3v) is 4.84. The summed E-state index contributed by atoms with van der Waals surface area (Å²) in [7, 11) is 3.64. The summed E-state index contributed by atoms with van der Waals surface area (Å²) in [6.07, 6.45) is -3.02. The Hall–Kier alpha value is -3.40. The number of likely N-dealkylation sites (N-methyl/N-ethyl adjacent to an activating group) is 1. The van der Waals surface area contributed by atoms with Gasteiger partial charge in [0.1, 0.15) is 0 Å². The molecule has 3 aromatic rings. The van der Waals surface area contributed by atoms with Gasteiger partial charge in [0.2, 0.25) is 0 Å². The standard InChI is InChI=1S/C21H21F3N4O3/c1-26(2)8-9-27(13-14-4-3-5-15(10-14)21(22,23)24)20(29)18-12-25-19-7-6-16(28(30)31)11-17(18)19/h3-7,10-12,25H,8-9,13H2,1-2H3. The van der Waals surface area contributed by atoms with Gasteiger partial charge in [0.25, 0.3) is 11.6 Å². The number of rotatable bonds is 7. The first-order valence-corrected chi connectivity index (χ1v) is 9.42. The molecule has 7 nitrogen and oxygen atoms in total. The first kappa shape index (κ1) is 22.3. The van der Waals surface area contributed by atoms with Crippen LogP contribution >= 0.6 is 0 Å². The van der Waals surface area contributed by atoms with Crippen molar-refractivity contribution in [3.8, 4) is 0 Å². The summed E-state index contributed by atoms with van der Waals surface area (Å²) < 4.78 is 39.2. The zero-order chi connectivity index (χ0) is 22.8. The molecule has 0 radical (unpaired) electrons. The van der Waals surface area contributed by atoms with Crippen LogP contribution in [-0.4, -0.2) is 52.8 Å². The van der Waals surface area contributed by atoms with Gasteiger partial charge < -0.3 is 14.8 Å². The number of hydrogen-bond acceptors (Lipinski definition) is 4. The number of hydrogen-bond donors (Lipinski definition) is 1. The van der Waals surface area contributed by atoms with Crippen molar-refractivity contribution >= 4 is 22.5 Å². The third kappa shape index (κ3) is 5.21. The number of aromatic amines is 1. The molecule has 31 heavy (non-hydrogen) atoms. The van der Waals surface area contributed by atoms with Crippen LogP contribution in [0.1, 0.15) is 21.5 Å². The number of alkyl halides is 3. The number of benzene rings is 2. The Morgan fingerprint density at radius 1 is 1.13 bits per heavy atom. The number of carbonyl (C=O) groups is 1. The number of carbonyl (C=O) groups excluding carboxylic acids is 1. The number of non-ortho nitro benzene ring substituents is 1. The molecular formula is C21H21F3N4O3. The van der Waals surface area contributed by atoms with Crippen molar-refractivity contribution in [2.75, 3.05) is 27.2 Å². The van der Waals surface area contributed by atoms with E-state index < -0.39 is 22.6 Å². The highest BCUT2D eigenvalue weighted by molar-refractivity contribution is 6.07. The second kappa shape index (κ2) is 8.76. The number of amides is 1. The molecule has 0 spiro atoms. The fourth-order valence-corrected chi connectivity index (χ4v) is 3.21. The SMILES string of the molecule is CN(C)CCN(Cc1cccc(C(F)(F)F)c1)C(=O)c1c[nH]c2ccc([N+](=O)[O-])cc12. The molecule has 0 aliphatic heterocycles. The van der Waals surface area contributed by atoms with Gasteiger partial charge in [-0.15, -0.1) is 0 Å². The molecule has 0 fully saturated rings. The van der Waals surface area contributed by atoms with Crippen molar-refractivity contribution in [3.05, 3.63) is 75.5 Å². The monoisotopic (exact) mass is 434 g/mol. The average Bonchev–Trinajstić information content (AvgIpc) is 3.13. The lowest BCUT2D eigenvalue weighted by molar-refractivity contribution is -0.384. The quantitative estimate of drug-likeness (QED) is 0.444. The van der Waals surface area contributed by atoms with Gasteiger partial charge in [-0.2, -0.15) is 13.2 Å². The van der Waals surface area contributed by atoms with E-state index in [0.717, 1.165) is 12.1 Å². The van der Waals surface area contributed by atoms with Crippen molar-refractivity contribution < 1.29 is 22.9 Å². The van der Waals surface area contributed by atoms with Gasteiger partial charge in [0.15, 0.2) is 0 Å². The minimum atomic E-state index is -4.48. The number of H-pyrrole nitrogens is 1. The molecule has 0 aliphatic rings. The molecule has 0 atom stereocenters. The van der Waals surface area contributed by atoms with Crippen LogP contribution in [0.25, 0.3) is 10.9 Å². The Morgan fingerprint density at radius 2 is 1.87 bits per heavy atom.